The molecule has 0 aliphatic rings. The van der Waals surface area contributed by atoms with E-state index in [0.29, 0.717) is 22.0 Å². The molecule has 0 saturated carbocycles. The van der Waals surface area contributed by atoms with Crippen LogP contribution in [-0.2, 0) is 0 Å². The molecule has 0 radical (unpaired) electrons. The standard InChI is InChI=1S/C17H14ClN3O2/c1-11-7-3-4-8-12(11)16(22)21-15(19-17(20-21)23-2)13-9-5-6-10-14(13)18/h3-10H,1-2H3. The van der Waals surface area contributed by atoms with Gasteiger partial charge in [0.15, 0.2) is 5.82 Å². The Morgan fingerprint density at radius 3 is 2.52 bits per heavy atom. The minimum Gasteiger partial charge on any atom is -0.466 e. The largest absolute Gasteiger partial charge is 0.466 e. The quantitative estimate of drug-likeness (QED) is 0.737. The molecule has 0 amide bonds. The predicted molar refractivity (Wildman–Crippen MR) is 87.9 cm³/mol. The summed E-state index contributed by atoms with van der Waals surface area (Å²) in [6.45, 7) is 1.87. The third-order valence-corrected chi connectivity index (χ3v) is 3.78. The van der Waals surface area contributed by atoms with Gasteiger partial charge >= 0.3 is 6.01 Å². The van der Waals surface area contributed by atoms with Crippen LogP contribution < -0.4 is 4.74 Å². The lowest BCUT2D eigenvalue weighted by Crippen LogP contribution is -2.16. The first kappa shape index (κ1) is 15.2. The van der Waals surface area contributed by atoms with Gasteiger partial charge in [0.2, 0.25) is 0 Å². The molecule has 1 aromatic heterocycles. The average molecular weight is 328 g/mol. The number of rotatable bonds is 3. The second-order valence-electron chi connectivity index (χ2n) is 4.93. The summed E-state index contributed by atoms with van der Waals surface area (Å²) in [5.41, 5.74) is 2.03. The zero-order valence-electron chi connectivity index (χ0n) is 12.7. The molecule has 0 N–H and O–H groups in total. The van der Waals surface area contributed by atoms with Crippen LogP contribution in [0.25, 0.3) is 11.4 Å². The van der Waals surface area contributed by atoms with Gasteiger partial charge in [0, 0.05) is 11.1 Å². The topological polar surface area (TPSA) is 57.0 Å². The summed E-state index contributed by atoms with van der Waals surface area (Å²) in [5.74, 6) is 0.0644. The Bertz CT molecular complexity index is 874. The first-order valence-electron chi connectivity index (χ1n) is 6.98. The van der Waals surface area contributed by atoms with Gasteiger partial charge in [-0.05, 0) is 30.7 Å². The summed E-state index contributed by atoms with van der Waals surface area (Å²) in [6, 6.07) is 14.6. The van der Waals surface area contributed by atoms with Gasteiger partial charge in [-0.3, -0.25) is 4.79 Å². The van der Waals surface area contributed by atoms with Gasteiger partial charge < -0.3 is 4.74 Å². The second-order valence-corrected chi connectivity index (χ2v) is 5.34. The lowest BCUT2D eigenvalue weighted by atomic mass is 10.1. The van der Waals surface area contributed by atoms with E-state index in [1.807, 2.05) is 37.3 Å². The van der Waals surface area contributed by atoms with Crippen molar-refractivity contribution in [3.8, 4) is 17.4 Å². The van der Waals surface area contributed by atoms with Crippen LogP contribution in [0.5, 0.6) is 6.01 Å². The summed E-state index contributed by atoms with van der Waals surface area (Å²) in [4.78, 5) is 17.1. The smallest absolute Gasteiger partial charge is 0.336 e. The number of aromatic nitrogens is 3. The molecule has 0 aliphatic heterocycles. The second kappa shape index (κ2) is 6.22. The summed E-state index contributed by atoms with van der Waals surface area (Å²) in [7, 11) is 1.45. The number of aryl methyl sites for hydroxylation is 1. The average Bonchev–Trinajstić information content (AvgIpc) is 2.99. The zero-order chi connectivity index (χ0) is 16.4. The molecule has 6 heteroatoms. The van der Waals surface area contributed by atoms with Gasteiger partial charge in [-0.25, -0.2) is 0 Å². The van der Waals surface area contributed by atoms with Crippen LogP contribution in [0.15, 0.2) is 48.5 Å². The van der Waals surface area contributed by atoms with Crippen LogP contribution in [0.3, 0.4) is 0 Å². The van der Waals surface area contributed by atoms with Crippen molar-refractivity contribution >= 4 is 17.5 Å². The molecular weight excluding hydrogens is 314 g/mol. The van der Waals surface area contributed by atoms with Crippen molar-refractivity contribution in [1.29, 1.82) is 0 Å². The van der Waals surface area contributed by atoms with Gasteiger partial charge in [-0.1, -0.05) is 41.9 Å². The van der Waals surface area contributed by atoms with Crippen molar-refractivity contribution in [2.45, 2.75) is 6.92 Å². The fraction of sp³-hybridized carbons (Fsp3) is 0.118. The number of methoxy groups -OCH3 is 1. The molecule has 1 heterocycles. The van der Waals surface area contributed by atoms with E-state index >= 15 is 0 Å². The van der Waals surface area contributed by atoms with Gasteiger partial charge in [-0.2, -0.15) is 9.67 Å². The van der Waals surface area contributed by atoms with Crippen LogP contribution in [0.2, 0.25) is 5.02 Å². The summed E-state index contributed by atoms with van der Waals surface area (Å²) >= 11 is 6.23. The maximum atomic E-state index is 12.9. The third kappa shape index (κ3) is 2.83. The van der Waals surface area contributed by atoms with Crippen molar-refractivity contribution in [3.05, 3.63) is 64.7 Å². The molecule has 116 valence electrons. The molecule has 5 nitrogen and oxygen atoms in total. The van der Waals surface area contributed by atoms with Gasteiger partial charge in [0.25, 0.3) is 5.91 Å². The van der Waals surface area contributed by atoms with E-state index in [0.717, 1.165) is 5.56 Å². The Morgan fingerprint density at radius 2 is 1.83 bits per heavy atom. The van der Waals surface area contributed by atoms with Crippen molar-refractivity contribution in [1.82, 2.24) is 14.8 Å². The third-order valence-electron chi connectivity index (χ3n) is 3.45. The van der Waals surface area contributed by atoms with E-state index in [-0.39, 0.29) is 11.9 Å². The molecule has 0 fully saturated rings. The van der Waals surface area contributed by atoms with Gasteiger partial charge in [0.05, 0.1) is 12.1 Å². The number of hydrogen-bond donors (Lipinski definition) is 0. The fourth-order valence-electron chi connectivity index (χ4n) is 2.27. The molecule has 0 saturated heterocycles. The normalized spacial score (nSPS) is 10.6. The summed E-state index contributed by atoms with van der Waals surface area (Å²) < 4.78 is 6.30. The molecule has 0 bridgehead atoms. The van der Waals surface area contributed by atoms with E-state index in [2.05, 4.69) is 10.1 Å². The van der Waals surface area contributed by atoms with Crippen LogP contribution in [0.4, 0.5) is 0 Å². The van der Waals surface area contributed by atoms with E-state index in [1.165, 1.54) is 11.8 Å². The van der Waals surface area contributed by atoms with Crippen LogP contribution >= 0.6 is 11.6 Å². The lowest BCUT2D eigenvalue weighted by molar-refractivity contribution is 0.0944. The summed E-state index contributed by atoms with van der Waals surface area (Å²) in [6.07, 6.45) is 0. The Balaban J connectivity index is 2.17. The molecule has 0 aliphatic carbocycles. The fourth-order valence-corrected chi connectivity index (χ4v) is 2.49. The molecule has 3 rings (SSSR count). The molecule has 23 heavy (non-hydrogen) atoms. The van der Waals surface area contributed by atoms with Crippen LogP contribution in [-0.4, -0.2) is 27.8 Å². The lowest BCUT2D eigenvalue weighted by Gasteiger charge is -2.07. The van der Waals surface area contributed by atoms with E-state index in [4.69, 9.17) is 16.3 Å². The zero-order valence-corrected chi connectivity index (χ0v) is 13.4. The number of halogens is 1. The number of nitrogens with zero attached hydrogens (tertiary/aromatic N) is 3. The molecule has 3 aromatic rings. The molecule has 0 atom stereocenters. The molecule has 2 aromatic carbocycles. The minimum absolute atomic E-state index is 0.113. The molecular formula is C17H14ClN3O2. The number of hydrogen-bond acceptors (Lipinski definition) is 4. The van der Waals surface area contributed by atoms with Crippen molar-refractivity contribution < 1.29 is 9.53 Å². The predicted octanol–water partition coefficient (Wildman–Crippen LogP) is 3.60. The number of ether oxygens (including phenoxy) is 1. The Kier molecular flexibility index (Phi) is 4.12. The van der Waals surface area contributed by atoms with Gasteiger partial charge in [0.1, 0.15) is 0 Å². The highest BCUT2D eigenvalue weighted by Gasteiger charge is 2.21. The Hall–Kier alpha value is -2.66. The van der Waals surface area contributed by atoms with Gasteiger partial charge in [-0.15, -0.1) is 5.10 Å². The first-order valence-corrected chi connectivity index (χ1v) is 7.36. The molecule has 0 spiro atoms. The highest BCUT2D eigenvalue weighted by atomic mass is 35.5. The monoisotopic (exact) mass is 327 g/mol. The highest BCUT2D eigenvalue weighted by molar-refractivity contribution is 6.33. The highest BCUT2D eigenvalue weighted by Crippen LogP contribution is 2.28. The van der Waals surface area contributed by atoms with E-state index < -0.39 is 0 Å². The number of carbonyl (C=O) groups excluding carboxylic acids is 1. The van der Waals surface area contributed by atoms with Crippen molar-refractivity contribution in [2.24, 2.45) is 0 Å². The van der Waals surface area contributed by atoms with Crippen molar-refractivity contribution in [3.63, 3.8) is 0 Å². The number of carbonyl (C=O) groups is 1. The SMILES string of the molecule is COc1nc(-c2ccccc2Cl)n(C(=O)c2ccccc2C)n1. The first-order chi connectivity index (χ1) is 11.1. The maximum Gasteiger partial charge on any atom is 0.336 e. The van der Waals surface area contributed by atoms with Crippen molar-refractivity contribution in [2.75, 3.05) is 7.11 Å². The van der Waals surface area contributed by atoms with Crippen LogP contribution in [0.1, 0.15) is 15.9 Å². The van der Waals surface area contributed by atoms with E-state index in [1.54, 1.807) is 18.2 Å². The molecule has 0 unspecified atom stereocenters. The Labute approximate surface area is 138 Å². The number of benzene rings is 2. The Morgan fingerprint density at radius 1 is 1.13 bits per heavy atom. The minimum atomic E-state index is -0.284. The maximum absolute atomic E-state index is 12.9. The summed E-state index contributed by atoms with van der Waals surface area (Å²) in [5, 5.41) is 4.63. The van der Waals surface area contributed by atoms with E-state index in [9.17, 15) is 4.79 Å². The van der Waals surface area contributed by atoms with Crippen LogP contribution in [0, 0.1) is 6.92 Å².